The second-order valence-corrected chi connectivity index (χ2v) is 5.77. The quantitative estimate of drug-likeness (QED) is 0.622. The average Bonchev–Trinajstić information content (AvgIpc) is 2.75. The number of aromatic amines is 1. The molecule has 2 N–H and O–H groups in total. The van der Waals surface area contributed by atoms with Gasteiger partial charge in [0.05, 0.1) is 11.4 Å². The van der Waals surface area contributed by atoms with Crippen molar-refractivity contribution in [2.24, 2.45) is 0 Å². The largest absolute Gasteiger partial charge is 0.359 e. The van der Waals surface area contributed by atoms with Gasteiger partial charge in [-0.05, 0) is 46.3 Å². The molecule has 0 spiro atoms. The summed E-state index contributed by atoms with van der Waals surface area (Å²) >= 11 is 7.04. The van der Waals surface area contributed by atoms with Crippen LogP contribution in [0.25, 0.3) is 10.9 Å². The van der Waals surface area contributed by atoms with Gasteiger partial charge in [0, 0.05) is 26.0 Å². The molecule has 0 saturated heterocycles. The van der Waals surface area contributed by atoms with E-state index >= 15 is 0 Å². The fourth-order valence-corrected chi connectivity index (χ4v) is 2.65. The summed E-state index contributed by atoms with van der Waals surface area (Å²) < 4.78 is 2.12. The van der Waals surface area contributed by atoms with Crippen molar-refractivity contribution < 1.29 is 0 Å². The van der Waals surface area contributed by atoms with E-state index in [9.17, 15) is 0 Å². The number of rotatable bonds is 2. The van der Waals surface area contributed by atoms with Crippen LogP contribution in [0, 0.1) is 0 Å². The van der Waals surface area contributed by atoms with Crippen molar-refractivity contribution in [1.82, 2.24) is 4.98 Å². The molecule has 2 nitrogen and oxygen atoms in total. The first-order valence-electron chi connectivity index (χ1n) is 5.52. The summed E-state index contributed by atoms with van der Waals surface area (Å²) in [5.74, 6) is 0. The summed E-state index contributed by atoms with van der Waals surface area (Å²) in [6.45, 7) is 0. The maximum atomic E-state index is 3.54. The van der Waals surface area contributed by atoms with E-state index in [4.69, 9.17) is 0 Å². The zero-order valence-electron chi connectivity index (χ0n) is 9.37. The minimum atomic E-state index is 1.05. The van der Waals surface area contributed by atoms with Crippen molar-refractivity contribution in [2.75, 3.05) is 5.32 Å². The Hall–Kier alpha value is -1.26. The topological polar surface area (TPSA) is 27.8 Å². The van der Waals surface area contributed by atoms with Crippen LogP contribution in [-0.2, 0) is 0 Å². The van der Waals surface area contributed by atoms with E-state index in [1.807, 2.05) is 36.5 Å². The summed E-state index contributed by atoms with van der Waals surface area (Å²) in [6, 6.07) is 14.3. The molecule has 0 aliphatic rings. The first kappa shape index (κ1) is 11.8. The third-order valence-corrected chi connectivity index (χ3v) is 3.97. The van der Waals surface area contributed by atoms with Gasteiger partial charge in [-0.2, -0.15) is 0 Å². The predicted molar refractivity (Wildman–Crippen MR) is 83.4 cm³/mol. The number of hydrogen-bond donors (Lipinski definition) is 2. The Kier molecular flexibility index (Phi) is 3.14. The van der Waals surface area contributed by atoms with Gasteiger partial charge < -0.3 is 10.3 Å². The second-order valence-electron chi connectivity index (χ2n) is 4.00. The smallest absolute Gasteiger partial charge is 0.0642 e. The van der Waals surface area contributed by atoms with Gasteiger partial charge in [0.2, 0.25) is 0 Å². The number of hydrogen-bond acceptors (Lipinski definition) is 1. The average molecular weight is 366 g/mol. The number of H-pyrrole nitrogens is 1. The van der Waals surface area contributed by atoms with Crippen molar-refractivity contribution >= 4 is 54.1 Å². The Labute approximate surface area is 122 Å². The molecule has 2 aromatic carbocycles. The van der Waals surface area contributed by atoms with Gasteiger partial charge in [-0.3, -0.25) is 0 Å². The van der Waals surface area contributed by atoms with E-state index < -0.39 is 0 Å². The minimum Gasteiger partial charge on any atom is -0.359 e. The molecule has 0 saturated carbocycles. The molecule has 18 heavy (non-hydrogen) atoms. The lowest BCUT2D eigenvalue weighted by Crippen LogP contribution is -1.89. The normalized spacial score (nSPS) is 10.8. The Bertz CT molecular complexity index is 704. The molecule has 0 aliphatic heterocycles. The molecule has 4 heteroatoms. The molecule has 1 aromatic heterocycles. The fraction of sp³-hybridized carbons (Fsp3) is 0. The second kappa shape index (κ2) is 4.78. The highest BCUT2D eigenvalue weighted by Crippen LogP contribution is 2.31. The molecule has 0 unspecified atom stereocenters. The van der Waals surface area contributed by atoms with Crippen molar-refractivity contribution in [3.8, 4) is 0 Å². The molecule has 0 aliphatic carbocycles. The molecule has 0 atom stereocenters. The van der Waals surface area contributed by atoms with Crippen molar-refractivity contribution in [3.05, 3.63) is 57.6 Å². The van der Waals surface area contributed by atoms with Crippen molar-refractivity contribution in [1.29, 1.82) is 0 Å². The SMILES string of the molecule is Brc1ccc2[nH]cc(Nc3ccccc3Br)c2c1. The molecule has 0 amide bonds. The van der Waals surface area contributed by atoms with Gasteiger partial charge in [0.25, 0.3) is 0 Å². The first-order valence-corrected chi connectivity index (χ1v) is 7.11. The van der Waals surface area contributed by atoms with Gasteiger partial charge >= 0.3 is 0 Å². The van der Waals surface area contributed by atoms with Crippen molar-refractivity contribution in [3.63, 3.8) is 0 Å². The van der Waals surface area contributed by atoms with E-state index in [1.54, 1.807) is 0 Å². The van der Waals surface area contributed by atoms with E-state index in [0.717, 1.165) is 25.8 Å². The summed E-state index contributed by atoms with van der Waals surface area (Å²) in [5, 5.41) is 4.59. The van der Waals surface area contributed by atoms with Crippen LogP contribution < -0.4 is 5.32 Å². The third kappa shape index (κ3) is 2.18. The lowest BCUT2D eigenvalue weighted by Gasteiger charge is -2.07. The van der Waals surface area contributed by atoms with Crippen LogP contribution in [0.1, 0.15) is 0 Å². The Morgan fingerprint density at radius 3 is 2.61 bits per heavy atom. The highest BCUT2D eigenvalue weighted by Gasteiger charge is 2.05. The standard InChI is InChI=1S/C14H10Br2N2/c15-9-5-6-12-10(7-9)14(8-17-12)18-13-4-2-1-3-11(13)16/h1-8,17-18H. The molecule has 0 radical (unpaired) electrons. The molecule has 1 heterocycles. The number of nitrogens with one attached hydrogen (secondary N) is 2. The zero-order chi connectivity index (χ0) is 12.5. The van der Waals surface area contributed by atoms with Crippen molar-refractivity contribution in [2.45, 2.75) is 0 Å². The van der Waals surface area contributed by atoms with E-state index in [-0.39, 0.29) is 0 Å². The molecule has 0 fully saturated rings. The number of fused-ring (bicyclic) bond motifs is 1. The highest BCUT2D eigenvalue weighted by atomic mass is 79.9. The maximum Gasteiger partial charge on any atom is 0.0642 e. The van der Waals surface area contributed by atoms with E-state index in [0.29, 0.717) is 0 Å². The molecule has 0 bridgehead atoms. The van der Waals surface area contributed by atoms with Gasteiger partial charge in [0.1, 0.15) is 0 Å². The lowest BCUT2D eigenvalue weighted by atomic mass is 10.2. The zero-order valence-corrected chi connectivity index (χ0v) is 12.5. The Balaban J connectivity index is 2.05. The van der Waals surface area contributed by atoms with Crippen LogP contribution in [0.3, 0.4) is 0 Å². The highest BCUT2D eigenvalue weighted by molar-refractivity contribution is 9.10. The van der Waals surface area contributed by atoms with Crippen LogP contribution >= 0.6 is 31.9 Å². The van der Waals surface area contributed by atoms with E-state index in [2.05, 4.69) is 54.3 Å². The van der Waals surface area contributed by atoms with Gasteiger partial charge in [-0.25, -0.2) is 0 Å². The van der Waals surface area contributed by atoms with Crippen LogP contribution in [-0.4, -0.2) is 4.98 Å². The van der Waals surface area contributed by atoms with Crippen LogP contribution in [0.4, 0.5) is 11.4 Å². The number of anilines is 2. The number of aromatic nitrogens is 1. The maximum absolute atomic E-state index is 3.54. The summed E-state index contributed by atoms with van der Waals surface area (Å²) in [4.78, 5) is 3.26. The van der Waals surface area contributed by atoms with Gasteiger partial charge in [-0.1, -0.05) is 28.1 Å². The Morgan fingerprint density at radius 1 is 0.944 bits per heavy atom. The number of para-hydroxylation sites is 1. The number of benzene rings is 2. The third-order valence-electron chi connectivity index (χ3n) is 2.79. The monoisotopic (exact) mass is 364 g/mol. The number of halogens is 2. The molecular formula is C14H10Br2N2. The van der Waals surface area contributed by atoms with Gasteiger partial charge in [-0.15, -0.1) is 0 Å². The summed E-state index contributed by atoms with van der Waals surface area (Å²) in [5.41, 5.74) is 3.24. The van der Waals surface area contributed by atoms with E-state index in [1.165, 1.54) is 5.39 Å². The molecule has 3 aromatic rings. The van der Waals surface area contributed by atoms with Crippen LogP contribution in [0.15, 0.2) is 57.6 Å². The molecule has 90 valence electrons. The minimum absolute atomic E-state index is 1.05. The van der Waals surface area contributed by atoms with Gasteiger partial charge in [0.15, 0.2) is 0 Å². The summed E-state index contributed by atoms with van der Waals surface area (Å²) in [7, 11) is 0. The predicted octanol–water partition coefficient (Wildman–Crippen LogP) is 5.44. The fourth-order valence-electron chi connectivity index (χ4n) is 1.90. The molecular weight excluding hydrogens is 356 g/mol. The first-order chi connectivity index (χ1) is 8.74. The molecule has 3 rings (SSSR count). The lowest BCUT2D eigenvalue weighted by molar-refractivity contribution is 1.46. The van der Waals surface area contributed by atoms with Crippen LogP contribution in [0.2, 0.25) is 0 Å². The van der Waals surface area contributed by atoms with Crippen LogP contribution in [0.5, 0.6) is 0 Å². The summed E-state index contributed by atoms with van der Waals surface area (Å²) in [6.07, 6.45) is 1.98. The Morgan fingerprint density at radius 2 is 1.78 bits per heavy atom.